The summed E-state index contributed by atoms with van der Waals surface area (Å²) in [6.45, 7) is 3.74. The fourth-order valence-corrected chi connectivity index (χ4v) is 5.08. The topological polar surface area (TPSA) is 64.3 Å². The van der Waals surface area contributed by atoms with Gasteiger partial charge in [0, 0.05) is 11.4 Å². The Kier molecular flexibility index (Phi) is 3.46. The minimum Gasteiger partial charge on any atom is -0.232 e. The Hall–Kier alpha value is -2.21. The van der Waals surface area contributed by atoms with Crippen molar-refractivity contribution in [2.45, 2.75) is 49.3 Å². The highest BCUT2D eigenvalue weighted by atomic mass is 32.2. The summed E-state index contributed by atoms with van der Waals surface area (Å²) in [5.74, 6) is 0. The molecule has 2 heterocycles. The molecule has 5 nitrogen and oxygen atoms in total. The van der Waals surface area contributed by atoms with Crippen molar-refractivity contribution in [1.82, 2.24) is 14.6 Å². The van der Waals surface area contributed by atoms with E-state index in [9.17, 15) is 8.42 Å². The average molecular weight is 341 g/mol. The number of hydrogen-bond donors (Lipinski definition) is 0. The van der Waals surface area contributed by atoms with Crippen molar-refractivity contribution in [3.05, 3.63) is 53.0 Å². The van der Waals surface area contributed by atoms with Gasteiger partial charge in [-0.1, -0.05) is 18.2 Å². The normalized spacial score (nSPS) is 14.8. The second-order valence-electron chi connectivity index (χ2n) is 6.30. The molecule has 0 fully saturated rings. The first-order valence-corrected chi connectivity index (χ1v) is 9.66. The van der Waals surface area contributed by atoms with Crippen LogP contribution >= 0.6 is 0 Å². The van der Waals surface area contributed by atoms with Crippen molar-refractivity contribution in [3.63, 3.8) is 0 Å². The second kappa shape index (κ2) is 5.41. The van der Waals surface area contributed by atoms with Crippen molar-refractivity contribution in [2.75, 3.05) is 0 Å². The van der Waals surface area contributed by atoms with Crippen LogP contribution in [0.4, 0.5) is 0 Å². The van der Waals surface area contributed by atoms with Crippen LogP contribution in [0.1, 0.15) is 35.5 Å². The molecule has 2 aromatic heterocycles. The zero-order valence-corrected chi connectivity index (χ0v) is 14.6. The van der Waals surface area contributed by atoms with Crippen LogP contribution in [0.5, 0.6) is 0 Å². The highest BCUT2D eigenvalue weighted by Gasteiger charge is 2.28. The molecule has 3 aromatic rings. The van der Waals surface area contributed by atoms with Crippen LogP contribution in [0.3, 0.4) is 0 Å². The number of benzene rings is 1. The summed E-state index contributed by atoms with van der Waals surface area (Å²) in [6.07, 6.45) is 4.14. The molecule has 6 heteroatoms. The van der Waals surface area contributed by atoms with E-state index >= 15 is 0 Å². The molecule has 0 atom stereocenters. The van der Waals surface area contributed by atoms with Crippen LogP contribution in [0.25, 0.3) is 5.65 Å². The monoisotopic (exact) mass is 341 g/mol. The molecule has 0 bridgehead atoms. The van der Waals surface area contributed by atoms with E-state index in [1.807, 2.05) is 6.92 Å². The van der Waals surface area contributed by atoms with Gasteiger partial charge in [-0.05, 0) is 57.2 Å². The van der Waals surface area contributed by atoms with Gasteiger partial charge >= 0.3 is 0 Å². The molecule has 1 aromatic carbocycles. The van der Waals surface area contributed by atoms with Crippen molar-refractivity contribution < 1.29 is 8.42 Å². The first kappa shape index (κ1) is 15.3. The number of nitrogens with zero attached hydrogens (tertiary/aromatic N) is 3. The van der Waals surface area contributed by atoms with E-state index in [0.717, 1.165) is 37.1 Å². The van der Waals surface area contributed by atoms with E-state index in [4.69, 9.17) is 4.98 Å². The summed E-state index contributed by atoms with van der Waals surface area (Å²) in [5.41, 5.74) is 4.20. The van der Waals surface area contributed by atoms with E-state index in [-0.39, 0.29) is 9.79 Å². The van der Waals surface area contributed by atoms with Crippen molar-refractivity contribution in [3.8, 4) is 0 Å². The first-order chi connectivity index (χ1) is 11.5. The zero-order valence-electron chi connectivity index (χ0n) is 13.8. The van der Waals surface area contributed by atoms with Crippen LogP contribution in [0, 0.1) is 13.8 Å². The van der Waals surface area contributed by atoms with Crippen molar-refractivity contribution in [1.29, 1.82) is 0 Å². The van der Waals surface area contributed by atoms with Crippen LogP contribution in [0.2, 0.25) is 0 Å². The summed E-state index contributed by atoms with van der Waals surface area (Å²) in [6, 6.07) is 8.50. The van der Waals surface area contributed by atoms with Gasteiger partial charge in [0.2, 0.25) is 9.84 Å². The van der Waals surface area contributed by atoms with Gasteiger partial charge in [0.15, 0.2) is 5.65 Å². The van der Waals surface area contributed by atoms with E-state index in [1.54, 1.807) is 41.8 Å². The molecule has 0 saturated heterocycles. The third kappa shape index (κ3) is 2.17. The lowest BCUT2D eigenvalue weighted by Gasteiger charge is -2.17. The Labute approximate surface area is 141 Å². The highest BCUT2D eigenvalue weighted by Crippen LogP contribution is 2.30. The molecule has 24 heavy (non-hydrogen) atoms. The van der Waals surface area contributed by atoms with Crippen LogP contribution < -0.4 is 0 Å². The molecule has 0 saturated carbocycles. The summed E-state index contributed by atoms with van der Waals surface area (Å²) in [7, 11) is -3.64. The minimum absolute atomic E-state index is 0.227. The van der Waals surface area contributed by atoms with Gasteiger partial charge in [-0.25, -0.2) is 17.9 Å². The number of hydrogen-bond acceptors (Lipinski definition) is 4. The van der Waals surface area contributed by atoms with Crippen LogP contribution in [-0.4, -0.2) is 23.0 Å². The highest BCUT2D eigenvalue weighted by molar-refractivity contribution is 7.91. The smallest absolute Gasteiger partial charge is 0.212 e. The van der Waals surface area contributed by atoms with Gasteiger partial charge in [0.05, 0.1) is 10.6 Å². The van der Waals surface area contributed by atoms with Gasteiger partial charge in [0.1, 0.15) is 4.90 Å². The van der Waals surface area contributed by atoms with Crippen molar-refractivity contribution >= 4 is 15.5 Å². The van der Waals surface area contributed by atoms with Crippen LogP contribution in [0.15, 0.2) is 40.1 Å². The SMILES string of the molecule is Cc1nn2c(C)c3c(nc2c1S(=O)(=O)c1ccccc1)CCCC3. The minimum atomic E-state index is -3.64. The van der Waals surface area contributed by atoms with E-state index in [0.29, 0.717) is 11.3 Å². The molecular weight excluding hydrogens is 322 g/mol. The van der Waals surface area contributed by atoms with Crippen molar-refractivity contribution in [2.24, 2.45) is 0 Å². The fourth-order valence-electron chi connectivity index (χ4n) is 3.52. The third-order valence-electron chi connectivity index (χ3n) is 4.74. The van der Waals surface area contributed by atoms with Gasteiger partial charge in [0.25, 0.3) is 0 Å². The zero-order chi connectivity index (χ0) is 16.9. The lowest BCUT2D eigenvalue weighted by molar-refractivity contribution is 0.596. The maximum atomic E-state index is 13.1. The molecule has 4 rings (SSSR count). The number of rotatable bonds is 2. The Morgan fingerprint density at radius 2 is 1.75 bits per heavy atom. The fraction of sp³-hybridized carbons (Fsp3) is 0.333. The van der Waals surface area contributed by atoms with E-state index in [1.165, 1.54) is 5.56 Å². The Morgan fingerprint density at radius 3 is 2.50 bits per heavy atom. The molecule has 0 spiro atoms. The summed E-state index contributed by atoms with van der Waals surface area (Å²) < 4.78 is 27.9. The lowest BCUT2D eigenvalue weighted by atomic mass is 9.95. The second-order valence-corrected chi connectivity index (χ2v) is 8.18. The molecule has 1 aliphatic carbocycles. The predicted molar refractivity (Wildman–Crippen MR) is 91.0 cm³/mol. The molecular formula is C18H19N3O2S. The first-order valence-electron chi connectivity index (χ1n) is 8.18. The Morgan fingerprint density at radius 1 is 1.04 bits per heavy atom. The Bertz CT molecular complexity index is 1040. The predicted octanol–water partition coefficient (Wildman–Crippen LogP) is 3.06. The van der Waals surface area contributed by atoms with E-state index < -0.39 is 9.84 Å². The van der Waals surface area contributed by atoms with Crippen LogP contribution in [-0.2, 0) is 22.7 Å². The number of aryl methyl sites for hydroxylation is 3. The summed E-state index contributed by atoms with van der Waals surface area (Å²) >= 11 is 0. The standard InChI is InChI=1S/C18H19N3O2S/c1-12-17(24(22,23)14-8-4-3-5-9-14)18-19-16-11-7-6-10-15(16)13(2)21(18)20-12/h3-5,8-9H,6-7,10-11H2,1-2H3. The molecule has 0 aliphatic heterocycles. The van der Waals surface area contributed by atoms with Gasteiger partial charge < -0.3 is 0 Å². The van der Waals surface area contributed by atoms with Gasteiger partial charge in [-0.3, -0.25) is 0 Å². The van der Waals surface area contributed by atoms with Gasteiger partial charge in [-0.2, -0.15) is 5.10 Å². The molecule has 0 amide bonds. The molecule has 0 radical (unpaired) electrons. The molecule has 1 aliphatic rings. The summed E-state index contributed by atoms with van der Waals surface area (Å²) in [5, 5.41) is 4.49. The number of fused-ring (bicyclic) bond motifs is 2. The maximum absolute atomic E-state index is 13.1. The third-order valence-corrected chi connectivity index (χ3v) is 6.65. The van der Waals surface area contributed by atoms with Gasteiger partial charge in [-0.15, -0.1) is 0 Å². The number of aromatic nitrogens is 3. The summed E-state index contributed by atoms with van der Waals surface area (Å²) in [4.78, 5) is 5.22. The Balaban J connectivity index is 2.03. The molecule has 0 unspecified atom stereocenters. The lowest BCUT2D eigenvalue weighted by Crippen LogP contribution is -2.13. The number of sulfone groups is 1. The molecule has 0 N–H and O–H groups in total. The maximum Gasteiger partial charge on any atom is 0.212 e. The average Bonchev–Trinajstić information content (AvgIpc) is 2.93. The van der Waals surface area contributed by atoms with E-state index in [2.05, 4.69) is 5.10 Å². The quantitative estimate of drug-likeness (QED) is 0.718. The largest absolute Gasteiger partial charge is 0.232 e. The molecule has 124 valence electrons.